The molecule has 1 amide bonds. The average molecular weight is 386 g/mol. The zero-order valence-electron chi connectivity index (χ0n) is 15.1. The molecular formula is C20H22N2O4S. The molecule has 2 aliphatic rings. The molecule has 0 bridgehead atoms. The molecule has 2 aromatic carbocycles. The number of nitrogens with one attached hydrogen (secondary N) is 1. The van der Waals surface area contributed by atoms with E-state index in [0.29, 0.717) is 18.2 Å². The van der Waals surface area contributed by atoms with Gasteiger partial charge in [0.15, 0.2) is 0 Å². The second-order valence-corrected chi connectivity index (χ2v) is 9.12. The highest BCUT2D eigenvalue weighted by atomic mass is 32.2. The lowest BCUT2D eigenvalue weighted by molar-refractivity contribution is 0.0951. The summed E-state index contributed by atoms with van der Waals surface area (Å²) < 4.78 is 32.5. The molecule has 0 atom stereocenters. The molecule has 1 aliphatic heterocycles. The third-order valence-electron chi connectivity index (χ3n) is 4.90. The standard InChI is InChI=1S/C20H22N2O4S/c1-22(27(24,25)18-8-9-19-16(12-18)10-11-26-19)13-14-2-4-15(5-3-14)20(23)21-17-6-7-17/h2-5,8-9,12,17H,6-7,10-11,13H2,1H3,(H,21,23). The van der Waals surface area contributed by atoms with Gasteiger partial charge >= 0.3 is 0 Å². The Kier molecular flexibility index (Phi) is 4.65. The highest BCUT2D eigenvalue weighted by Crippen LogP contribution is 2.29. The van der Waals surface area contributed by atoms with Crippen molar-refractivity contribution in [1.29, 1.82) is 0 Å². The fourth-order valence-electron chi connectivity index (χ4n) is 3.10. The van der Waals surface area contributed by atoms with E-state index in [0.717, 1.165) is 36.1 Å². The molecule has 4 rings (SSSR count). The number of fused-ring (bicyclic) bond motifs is 1. The van der Waals surface area contributed by atoms with E-state index in [1.165, 1.54) is 4.31 Å². The van der Waals surface area contributed by atoms with Gasteiger partial charge in [-0.3, -0.25) is 4.79 Å². The van der Waals surface area contributed by atoms with E-state index in [1.54, 1.807) is 49.5 Å². The largest absolute Gasteiger partial charge is 0.493 e. The first kappa shape index (κ1) is 18.0. The quantitative estimate of drug-likeness (QED) is 0.827. The van der Waals surface area contributed by atoms with Gasteiger partial charge in [0.05, 0.1) is 11.5 Å². The number of rotatable bonds is 6. The van der Waals surface area contributed by atoms with E-state index < -0.39 is 10.0 Å². The lowest BCUT2D eigenvalue weighted by atomic mass is 10.1. The molecule has 1 aliphatic carbocycles. The number of hydrogen-bond acceptors (Lipinski definition) is 4. The molecule has 27 heavy (non-hydrogen) atoms. The van der Waals surface area contributed by atoms with Crippen LogP contribution in [0.4, 0.5) is 0 Å². The van der Waals surface area contributed by atoms with Gasteiger partial charge in [0, 0.05) is 31.6 Å². The van der Waals surface area contributed by atoms with Crippen molar-refractivity contribution in [3.8, 4) is 5.75 Å². The van der Waals surface area contributed by atoms with E-state index in [9.17, 15) is 13.2 Å². The minimum absolute atomic E-state index is 0.0783. The predicted octanol–water partition coefficient (Wildman–Crippen LogP) is 2.33. The Hall–Kier alpha value is -2.38. The lowest BCUT2D eigenvalue weighted by Crippen LogP contribution is -2.27. The van der Waals surface area contributed by atoms with Gasteiger partial charge in [-0.25, -0.2) is 8.42 Å². The molecule has 0 saturated heterocycles. The van der Waals surface area contributed by atoms with E-state index >= 15 is 0 Å². The van der Waals surface area contributed by atoms with Gasteiger partial charge in [0.1, 0.15) is 5.75 Å². The van der Waals surface area contributed by atoms with Gasteiger partial charge in [0.2, 0.25) is 10.0 Å². The molecule has 1 heterocycles. The number of amides is 1. The second kappa shape index (κ2) is 6.98. The number of carbonyl (C=O) groups is 1. The fourth-order valence-corrected chi connectivity index (χ4v) is 4.31. The Balaban J connectivity index is 1.46. The Bertz CT molecular complexity index is 966. The fraction of sp³-hybridized carbons (Fsp3) is 0.350. The molecule has 2 aromatic rings. The van der Waals surface area contributed by atoms with E-state index in [2.05, 4.69) is 5.32 Å². The molecule has 142 valence electrons. The summed E-state index contributed by atoms with van der Waals surface area (Å²) in [6.07, 6.45) is 2.81. The van der Waals surface area contributed by atoms with Crippen LogP contribution in [0.2, 0.25) is 0 Å². The molecule has 0 aromatic heterocycles. The topological polar surface area (TPSA) is 75.7 Å². The molecule has 1 N–H and O–H groups in total. The van der Waals surface area contributed by atoms with Crippen LogP contribution >= 0.6 is 0 Å². The maximum atomic E-state index is 12.9. The first-order valence-corrected chi connectivity index (χ1v) is 10.5. The van der Waals surface area contributed by atoms with Crippen molar-refractivity contribution in [1.82, 2.24) is 9.62 Å². The van der Waals surface area contributed by atoms with Crippen LogP contribution in [0.5, 0.6) is 5.75 Å². The van der Waals surface area contributed by atoms with Crippen molar-refractivity contribution < 1.29 is 17.9 Å². The zero-order chi connectivity index (χ0) is 19.0. The number of ether oxygens (including phenoxy) is 1. The summed E-state index contributed by atoms with van der Waals surface area (Å²) in [6, 6.07) is 12.4. The Labute approximate surface area is 159 Å². The molecule has 1 saturated carbocycles. The monoisotopic (exact) mass is 386 g/mol. The van der Waals surface area contributed by atoms with Crippen LogP contribution in [-0.2, 0) is 23.0 Å². The van der Waals surface area contributed by atoms with Crippen molar-refractivity contribution in [3.05, 3.63) is 59.2 Å². The SMILES string of the molecule is CN(Cc1ccc(C(=O)NC2CC2)cc1)S(=O)(=O)c1ccc2c(c1)CCO2. The Morgan fingerprint density at radius 1 is 1.19 bits per heavy atom. The van der Waals surface area contributed by atoms with Crippen molar-refractivity contribution in [3.63, 3.8) is 0 Å². The summed E-state index contributed by atoms with van der Waals surface area (Å²) in [7, 11) is -2.03. The third-order valence-corrected chi connectivity index (χ3v) is 6.70. The van der Waals surface area contributed by atoms with E-state index in [4.69, 9.17) is 4.74 Å². The third kappa shape index (κ3) is 3.84. The number of hydrogen-bond donors (Lipinski definition) is 1. The summed E-state index contributed by atoms with van der Waals surface area (Å²) in [4.78, 5) is 12.3. The molecule has 0 unspecified atom stereocenters. The van der Waals surface area contributed by atoms with Gasteiger partial charge in [-0.05, 0) is 54.3 Å². The molecule has 7 heteroatoms. The number of carbonyl (C=O) groups excluding carboxylic acids is 1. The molecule has 6 nitrogen and oxygen atoms in total. The average Bonchev–Trinajstić information content (AvgIpc) is 3.34. The lowest BCUT2D eigenvalue weighted by Gasteiger charge is -2.18. The van der Waals surface area contributed by atoms with Crippen molar-refractivity contribution in [2.24, 2.45) is 0 Å². The smallest absolute Gasteiger partial charge is 0.251 e. The van der Waals surface area contributed by atoms with Crippen LogP contribution in [0.15, 0.2) is 47.4 Å². The summed E-state index contributed by atoms with van der Waals surface area (Å²) in [5.41, 5.74) is 2.35. The van der Waals surface area contributed by atoms with Crippen LogP contribution in [0.3, 0.4) is 0 Å². The van der Waals surface area contributed by atoms with E-state index in [1.807, 2.05) is 0 Å². The molecule has 1 fully saturated rings. The molecule has 0 spiro atoms. The summed E-state index contributed by atoms with van der Waals surface area (Å²) in [6.45, 7) is 0.829. The minimum Gasteiger partial charge on any atom is -0.493 e. The van der Waals surface area contributed by atoms with Gasteiger partial charge in [-0.1, -0.05) is 12.1 Å². The Morgan fingerprint density at radius 2 is 1.93 bits per heavy atom. The van der Waals surface area contributed by atoms with Gasteiger partial charge < -0.3 is 10.1 Å². The van der Waals surface area contributed by atoms with E-state index in [-0.39, 0.29) is 17.3 Å². The maximum Gasteiger partial charge on any atom is 0.251 e. The van der Waals surface area contributed by atoms with Crippen molar-refractivity contribution in [2.45, 2.75) is 36.7 Å². The van der Waals surface area contributed by atoms with Gasteiger partial charge in [-0.15, -0.1) is 0 Å². The predicted molar refractivity (Wildman–Crippen MR) is 101 cm³/mol. The summed E-state index contributed by atoms with van der Waals surface area (Å²) in [5.74, 6) is 0.682. The van der Waals surface area contributed by atoms with Gasteiger partial charge in [-0.2, -0.15) is 4.31 Å². The Morgan fingerprint density at radius 3 is 2.63 bits per heavy atom. The normalized spacial score (nSPS) is 16.1. The van der Waals surface area contributed by atoms with Crippen LogP contribution in [0, 0.1) is 0 Å². The van der Waals surface area contributed by atoms with Crippen LogP contribution in [-0.4, -0.2) is 38.3 Å². The first-order valence-electron chi connectivity index (χ1n) is 9.05. The molecular weight excluding hydrogens is 364 g/mol. The number of sulfonamides is 1. The first-order chi connectivity index (χ1) is 12.9. The second-order valence-electron chi connectivity index (χ2n) is 7.07. The van der Waals surface area contributed by atoms with Crippen molar-refractivity contribution >= 4 is 15.9 Å². The van der Waals surface area contributed by atoms with Crippen LogP contribution in [0.25, 0.3) is 0 Å². The van der Waals surface area contributed by atoms with Gasteiger partial charge in [0.25, 0.3) is 5.91 Å². The minimum atomic E-state index is -3.59. The van der Waals surface area contributed by atoms with Crippen LogP contribution in [0.1, 0.15) is 34.3 Å². The highest BCUT2D eigenvalue weighted by molar-refractivity contribution is 7.89. The summed E-state index contributed by atoms with van der Waals surface area (Å²) in [5, 5.41) is 2.94. The maximum absolute atomic E-state index is 12.9. The summed E-state index contributed by atoms with van der Waals surface area (Å²) >= 11 is 0. The number of benzene rings is 2. The zero-order valence-corrected chi connectivity index (χ0v) is 16.0. The molecule has 0 radical (unpaired) electrons. The van der Waals surface area contributed by atoms with Crippen molar-refractivity contribution in [2.75, 3.05) is 13.7 Å². The number of nitrogens with zero attached hydrogens (tertiary/aromatic N) is 1. The highest BCUT2D eigenvalue weighted by Gasteiger charge is 2.25. The van der Waals surface area contributed by atoms with Crippen LogP contribution < -0.4 is 10.1 Å².